The summed E-state index contributed by atoms with van der Waals surface area (Å²) in [4.78, 5) is 94.0. The lowest BCUT2D eigenvalue weighted by Crippen LogP contribution is -2.53. The van der Waals surface area contributed by atoms with Gasteiger partial charge in [-0.25, -0.2) is 9.48 Å². The molecule has 0 aliphatic carbocycles. The number of aliphatic imine (C=N–C) groups is 1. The van der Waals surface area contributed by atoms with Gasteiger partial charge in [0.25, 0.3) is 0 Å². The zero-order chi connectivity index (χ0) is 49.7. The van der Waals surface area contributed by atoms with Crippen molar-refractivity contribution in [2.45, 2.75) is 95.5 Å². The van der Waals surface area contributed by atoms with Gasteiger partial charge in [-0.05, 0) is 58.4 Å². The molecular formula is C43H68N12O13. The third kappa shape index (κ3) is 23.8. The minimum atomic E-state index is -1.51. The Morgan fingerprint density at radius 2 is 1.44 bits per heavy atom. The Bertz CT molecular complexity index is 1930. The molecule has 0 saturated heterocycles. The van der Waals surface area contributed by atoms with E-state index in [0.29, 0.717) is 46.2 Å². The number of carbonyl (C=O) groups is 7. The number of carboxylic acid groups (broad SMARTS) is 1. The number of carbonyl (C=O) groups excluding carboxylic acids is 6. The van der Waals surface area contributed by atoms with Crippen LogP contribution in [0, 0.1) is 0 Å². The van der Waals surface area contributed by atoms with E-state index in [9.17, 15) is 38.7 Å². The van der Waals surface area contributed by atoms with Crippen LogP contribution >= 0.6 is 0 Å². The number of rotatable bonds is 27. The Morgan fingerprint density at radius 3 is 2.09 bits per heavy atom. The van der Waals surface area contributed by atoms with Gasteiger partial charge in [-0.3, -0.25) is 33.8 Å². The molecule has 2 heterocycles. The lowest BCUT2D eigenvalue weighted by atomic mass is 10.0. The van der Waals surface area contributed by atoms with E-state index in [1.807, 2.05) is 18.2 Å². The van der Waals surface area contributed by atoms with Gasteiger partial charge in [-0.15, -0.1) is 5.10 Å². The van der Waals surface area contributed by atoms with Gasteiger partial charge in [0, 0.05) is 26.1 Å². The first-order valence-corrected chi connectivity index (χ1v) is 22.5. The minimum Gasteiger partial charge on any atom is -0.481 e. The highest BCUT2D eigenvalue weighted by Gasteiger charge is 2.32. The predicted molar refractivity (Wildman–Crippen MR) is 243 cm³/mol. The molecule has 11 N–H and O–H groups in total. The van der Waals surface area contributed by atoms with E-state index in [-0.39, 0.29) is 82.4 Å². The number of hydrogen-bond donors (Lipinski definition) is 9. The Hall–Kier alpha value is -6.44. The lowest BCUT2D eigenvalue weighted by molar-refractivity contribution is -0.141. The molecule has 0 fully saturated rings. The fourth-order valence-electron chi connectivity index (χ4n) is 6.38. The first kappa shape index (κ1) is 55.9. The number of nitrogens with zero attached hydrogens (tertiary/aromatic N) is 4. The zero-order valence-corrected chi connectivity index (χ0v) is 39.0. The van der Waals surface area contributed by atoms with Gasteiger partial charge >= 0.3 is 12.1 Å². The fraction of sp³-hybridized carbons (Fsp3) is 0.628. The normalized spacial score (nSPS) is 18.0. The van der Waals surface area contributed by atoms with Crippen molar-refractivity contribution >= 4 is 47.6 Å². The Kier molecular flexibility index (Phi) is 25.3. The van der Waals surface area contributed by atoms with Crippen molar-refractivity contribution in [3.63, 3.8) is 0 Å². The topological polar surface area (TPSA) is 353 Å². The van der Waals surface area contributed by atoms with E-state index >= 15 is 0 Å². The molecule has 1 aromatic heterocycles. The number of carboxylic acids is 1. The molecule has 2 aromatic rings. The molecular weight excluding hydrogens is 893 g/mol. The second-order valence-corrected chi connectivity index (χ2v) is 16.5. The summed E-state index contributed by atoms with van der Waals surface area (Å²) in [5.74, 6) is -4.81. The van der Waals surface area contributed by atoms with E-state index in [4.69, 9.17) is 35.2 Å². The summed E-state index contributed by atoms with van der Waals surface area (Å²) in [5, 5.41) is 33.9. The molecule has 0 unspecified atom stereocenters. The Balaban J connectivity index is 1.55. The Labute approximate surface area is 394 Å². The van der Waals surface area contributed by atoms with Crippen LogP contribution in [0.4, 0.5) is 4.79 Å². The van der Waals surface area contributed by atoms with Crippen molar-refractivity contribution in [3.05, 3.63) is 47.8 Å². The van der Waals surface area contributed by atoms with E-state index in [0.717, 1.165) is 5.56 Å². The Morgan fingerprint density at radius 1 is 0.794 bits per heavy atom. The summed E-state index contributed by atoms with van der Waals surface area (Å²) in [6, 6.07) is 4.45. The van der Waals surface area contributed by atoms with Crippen LogP contribution in [0.5, 0.6) is 0 Å². The van der Waals surface area contributed by atoms with Crippen LogP contribution in [0.15, 0.2) is 41.5 Å². The first-order valence-electron chi connectivity index (χ1n) is 22.5. The lowest BCUT2D eigenvalue weighted by Gasteiger charge is -2.24. The van der Waals surface area contributed by atoms with Crippen LogP contribution < -0.4 is 43.4 Å². The van der Waals surface area contributed by atoms with Crippen molar-refractivity contribution in [2.24, 2.45) is 16.5 Å². The highest BCUT2D eigenvalue weighted by Crippen LogP contribution is 2.21. The number of aliphatic carboxylic acids is 1. The van der Waals surface area contributed by atoms with E-state index in [1.54, 1.807) is 32.9 Å². The average molecular weight is 961 g/mol. The highest BCUT2D eigenvalue weighted by molar-refractivity contribution is 5.94. The zero-order valence-electron chi connectivity index (χ0n) is 39.0. The summed E-state index contributed by atoms with van der Waals surface area (Å²) in [6.07, 6.45) is 1.21. The standard InChI is InChI=1S/C43H68N12O13/c1-43(2,3)68-42(63)48-16-18-65-20-22-67-24-23-66-21-19-64-17-13-35(56)46-14-8-12-34-40(62)51-30(11-7-15-47-41(44)45)38(60)49-27-36(57)50-32(26-37(58)59)39(61)52-31(33-28-55(34)54-53-33)25-29-9-5-4-6-10-29/h4-6,9-10,28,30-32,34H,7-8,11-27H2,1-3H3,(H,46,56)(H,48,63)(H,49,60)(H,50,57)(H,51,62)(H,52,61)(H,58,59)(H4,44,45,47)/t30-,31-,32-,34-/m0/s1. The fourth-order valence-corrected chi connectivity index (χ4v) is 6.38. The van der Waals surface area contributed by atoms with Crippen molar-refractivity contribution in [1.82, 2.24) is 46.9 Å². The second kappa shape index (κ2) is 30.8. The van der Waals surface area contributed by atoms with Gasteiger partial charge in [0.05, 0.1) is 78.1 Å². The van der Waals surface area contributed by atoms with Gasteiger partial charge < -0.3 is 72.2 Å². The van der Waals surface area contributed by atoms with Gasteiger partial charge in [0.2, 0.25) is 29.5 Å². The summed E-state index contributed by atoms with van der Waals surface area (Å²) >= 11 is 0. The number of amides is 6. The van der Waals surface area contributed by atoms with Crippen molar-refractivity contribution in [2.75, 3.05) is 79.0 Å². The average Bonchev–Trinajstić information content (AvgIpc) is 3.76. The number of ether oxygens (including phenoxy) is 5. The number of benzene rings is 1. The molecule has 1 aliphatic heterocycles. The second-order valence-electron chi connectivity index (χ2n) is 16.5. The van der Waals surface area contributed by atoms with Crippen LogP contribution in [-0.2, 0) is 58.9 Å². The molecule has 378 valence electrons. The van der Waals surface area contributed by atoms with Crippen molar-refractivity contribution in [3.8, 4) is 0 Å². The minimum absolute atomic E-state index is 0.0588. The third-order valence-corrected chi connectivity index (χ3v) is 9.62. The van der Waals surface area contributed by atoms with Gasteiger partial charge in [-0.2, -0.15) is 0 Å². The van der Waals surface area contributed by atoms with Gasteiger partial charge in [0.1, 0.15) is 29.4 Å². The smallest absolute Gasteiger partial charge is 0.407 e. The maximum atomic E-state index is 14.1. The monoisotopic (exact) mass is 961 g/mol. The highest BCUT2D eigenvalue weighted by atomic mass is 16.6. The maximum Gasteiger partial charge on any atom is 0.407 e. The van der Waals surface area contributed by atoms with E-state index in [2.05, 4.69) is 47.2 Å². The summed E-state index contributed by atoms with van der Waals surface area (Å²) in [7, 11) is 0. The molecule has 2 bridgehead atoms. The number of fused-ring (bicyclic) bond motifs is 2. The maximum absolute atomic E-state index is 14.1. The van der Waals surface area contributed by atoms with Crippen LogP contribution in [0.3, 0.4) is 0 Å². The predicted octanol–water partition coefficient (Wildman–Crippen LogP) is -1.28. The number of hydrogen-bond acceptors (Lipinski definition) is 15. The summed E-state index contributed by atoms with van der Waals surface area (Å²) < 4.78 is 28.3. The molecule has 25 heteroatoms. The van der Waals surface area contributed by atoms with Gasteiger partial charge in [-0.1, -0.05) is 35.5 Å². The van der Waals surface area contributed by atoms with Crippen molar-refractivity contribution in [1.29, 1.82) is 0 Å². The molecule has 0 spiro atoms. The van der Waals surface area contributed by atoms with Crippen molar-refractivity contribution < 1.29 is 62.4 Å². The molecule has 1 aliphatic rings. The molecule has 3 rings (SSSR count). The number of aromatic nitrogens is 3. The van der Waals surface area contributed by atoms with Crippen LogP contribution in [0.2, 0.25) is 0 Å². The first-order chi connectivity index (χ1) is 32.5. The molecule has 6 amide bonds. The van der Waals surface area contributed by atoms with Crippen LogP contribution in [0.1, 0.15) is 82.6 Å². The molecule has 68 heavy (non-hydrogen) atoms. The third-order valence-electron chi connectivity index (χ3n) is 9.62. The molecule has 4 atom stereocenters. The molecule has 0 saturated carbocycles. The number of nitrogens with one attached hydrogen (secondary N) is 6. The molecule has 1 aromatic carbocycles. The molecule has 0 radical (unpaired) electrons. The van der Waals surface area contributed by atoms with Crippen LogP contribution in [-0.4, -0.2) is 164 Å². The van der Waals surface area contributed by atoms with E-state index < -0.39 is 78.4 Å². The largest absolute Gasteiger partial charge is 0.481 e. The quantitative estimate of drug-likeness (QED) is 0.0286. The SMILES string of the molecule is CC(C)(C)OC(=O)NCCOCCOCCOCCOCCC(=O)NCCC[C@H]1C(=O)N[C@@H](CCCN=C(N)N)C(=O)NCC(=O)N[C@@H](CC(=O)O)C(=O)N[C@@H](Cc2ccccc2)c2cn1nn2. The molecule has 25 nitrogen and oxygen atoms in total. The number of alkyl carbamates (subject to hydrolysis) is 1. The van der Waals surface area contributed by atoms with Crippen LogP contribution in [0.25, 0.3) is 0 Å². The summed E-state index contributed by atoms with van der Waals surface area (Å²) in [5.41, 5.74) is 11.4. The van der Waals surface area contributed by atoms with E-state index in [1.165, 1.54) is 10.9 Å². The number of nitrogens with two attached hydrogens (primary N) is 2. The number of guanidine groups is 1. The summed E-state index contributed by atoms with van der Waals surface area (Å²) in [6.45, 7) is 7.77. The van der Waals surface area contributed by atoms with Gasteiger partial charge in [0.15, 0.2) is 5.96 Å².